The first-order valence-corrected chi connectivity index (χ1v) is 8.16. The maximum atomic E-state index is 12.5. The van der Waals surface area contributed by atoms with E-state index in [-0.39, 0.29) is 16.6 Å². The summed E-state index contributed by atoms with van der Waals surface area (Å²) in [5.41, 5.74) is 1.76. The van der Waals surface area contributed by atoms with Crippen LogP contribution in [0.4, 0.5) is 5.69 Å². The molecule has 0 saturated carbocycles. The van der Waals surface area contributed by atoms with Crippen LogP contribution in [-0.2, 0) is 10.0 Å². The summed E-state index contributed by atoms with van der Waals surface area (Å²) in [5.74, 6) is 0. The average molecular weight is 318 g/mol. The zero-order chi connectivity index (χ0) is 15.9. The Labute approximate surface area is 128 Å². The van der Waals surface area contributed by atoms with Crippen LogP contribution in [0.1, 0.15) is 17.2 Å². The molecule has 2 atom stereocenters. The van der Waals surface area contributed by atoms with Crippen LogP contribution in [0.15, 0.2) is 53.4 Å². The number of hydrogen-bond acceptors (Lipinski definition) is 4. The lowest BCUT2D eigenvalue weighted by atomic mass is 10.1. The normalized spacial score (nSPS) is 20.6. The number of nitro benzene ring substituents is 1. The lowest BCUT2D eigenvalue weighted by molar-refractivity contribution is -0.384. The van der Waals surface area contributed by atoms with Crippen LogP contribution in [0, 0.1) is 17.0 Å². The van der Waals surface area contributed by atoms with E-state index in [2.05, 4.69) is 0 Å². The van der Waals surface area contributed by atoms with Gasteiger partial charge in [0.1, 0.15) is 0 Å². The van der Waals surface area contributed by atoms with Crippen LogP contribution in [0.25, 0.3) is 0 Å². The third kappa shape index (κ3) is 2.60. The fraction of sp³-hybridized carbons (Fsp3) is 0.200. The van der Waals surface area contributed by atoms with Crippen molar-refractivity contribution in [2.24, 2.45) is 0 Å². The summed E-state index contributed by atoms with van der Waals surface area (Å²) < 4.78 is 26.4. The maximum absolute atomic E-state index is 12.5. The van der Waals surface area contributed by atoms with E-state index in [0.717, 1.165) is 11.1 Å². The molecule has 22 heavy (non-hydrogen) atoms. The van der Waals surface area contributed by atoms with E-state index in [0.29, 0.717) is 6.54 Å². The minimum Gasteiger partial charge on any atom is -0.258 e. The molecule has 1 aliphatic rings. The number of aryl methyl sites for hydroxylation is 1. The van der Waals surface area contributed by atoms with Gasteiger partial charge in [-0.2, -0.15) is 4.31 Å². The van der Waals surface area contributed by atoms with Crippen molar-refractivity contribution < 1.29 is 13.3 Å². The summed E-state index contributed by atoms with van der Waals surface area (Å²) in [4.78, 5) is 10.4. The van der Waals surface area contributed by atoms with Crippen molar-refractivity contribution in [1.82, 2.24) is 4.31 Å². The van der Waals surface area contributed by atoms with E-state index in [4.69, 9.17) is 0 Å². The van der Waals surface area contributed by atoms with E-state index < -0.39 is 14.9 Å². The van der Waals surface area contributed by atoms with Crippen molar-refractivity contribution in [3.63, 3.8) is 0 Å². The molecule has 1 fully saturated rings. The molecule has 114 valence electrons. The molecular weight excluding hydrogens is 304 g/mol. The standard InChI is InChI=1S/C15H14N2O4S/c1-11-2-8-14(9-3-11)22(20,21)16-10-15(16)12-4-6-13(7-5-12)17(18)19/h2-9,15H,10H2,1H3/t15-,16?/m1/s1. The van der Waals surface area contributed by atoms with Crippen LogP contribution in [0.3, 0.4) is 0 Å². The number of sulfonamides is 1. The van der Waals surface area contributed by atoms with Crippen molar-refractivity contribution in [2.45, 2.75) is 17.9 Å². The molecule has 1 heterocycles. The van der Waals surface area contributed by atoms with Gasteiger partial charge in [-0.3, -0.25) is 10.1 Å². The Morgan fingerprint density at radius 3 is 2.23 bits per heavy atom. The minimum absolute atomic E-state index is 0.00246. The maximum Gasteiger partial charge on any atom is 0.269 e. The van der Waals surface area contributed by atoms with Gasteiger partial charge in [0, 0.05) is 18.7 Å². The summed E-state index contributed by atoms with van der Waals surface area (Å²) >= 11 is 0. The molecule has 0 spiro atoms. The van der Waals surface area contributed by atoms with Crippen molar-refractivity contribution >= 4 is 15.7 Å². The fourth-order valence-corrected chi connectivity index (χ4v) is 3.87. The van der Waals surface area contributed by atoms with E-state index >= 15 is 0 Å². The van der Waals surface area contributed by atoms with Gasteiger partial charge < -0.3 is 0 Å². The summed E-state index contributed by atoms with van der Waals surface area (Å²) in [6, 6.07) is 12.5. The highest BCUT2D eigenvalue weighted by molar-refractivity contribution is 7.89. The molecule has 1 unspecified atom stereocenters. The molecule has 0 amide bonds. The third-order valence-electron chi connectivity index (χ3n) is 3.68. The second-order valence-electron chi connectivity index (χ2n) is 5.25. The highest BCUT2D eigenvalue weighted by atomic mass is 32.2. The molecule has 1 saturated heterocycles. The van der Waals surface area contributed by atoms with Crippen LogP contribution in [0.5, 0.6) is 0 Å². The van der Waals surface area contributed by atoms with Gasteiger partial charge in [0.2, 0.25) is 10.0 Å². The number of nitrogens with zero attached hydrogens (tertiary/aromatic N) is 2. The number of nitro groups is 1. The Bertz CT molecular complexity index is 814. The van der Waals surface area contributed by atoms with Gasteiger partial charge in [0.05, 0.1) is 15.9 Å². The molecule has 6 nitrogen and oxygen atoms in total. The first kappa shape index (κ1) is 14.7. The second kappa shape index (κ2) is 5.19. The van der Waals surface area contributed by atoms with Crippen LogP contribution < -0.4 is 0 Å². The second-order valence-corrected chi connectivity index (χ2v) is 7.14. The predicted octanol–water partition coefficient (Wildman–Crippen LogP) is 2.65. The number of hydrogen-bond donors (Lipinski definition) is 0. The van der Waals surface area contributed by atoms with Gasteiger partial charge in [-0.1, -0.05) is 29.8 Å². The zero-order valence-electron chi connectivity index (χ0n) is 11.8. The highest BCUT2D eigenvalue weighted by Crippen LogP contribution is 2.40. The SMILES string of the molecule is Cc1ccc(S(=O)(=O)N2C[C@@H]2c2ccc([N+](=O)[O-])cc2)cc1. The predicted molar refractivity (Wildman–Crippen MR) is 80.9 cm³/mol. The van der Waals surface area contributed by atoms with Gasteiger partial charge in [-0.15, -0.1) is 0 Å². The van der Waals surface area contributed by atoms with Gasteiger partial charge in [0.25, 0.3) is 5.69 Å². The first-order valence-electron chi connectivity index (χ1n) is 6.72. The van der Waals surface area contributed by atoms with Gasteiger partial charge >= 0.3 is 0 Å². The number of benzene rings is 2. The minimum atomic E-state index is -3.51. The van der Waals surface area contributed by atoms with Crippen molar-refractivity contribution in [2.75, 3.05) is 6.54 Å². The molecule has 0 aliphatic carbocycles. The largest absolute Gasteiger partial charge is 0.269 e. The Morgan fingerprint density at radius 1 is 1.09 bits per heavy atom. The lowest BCUT2D eigenvalue weighted by Gasteiger charge is -2.07. The molecule has 2 aromatic rings. The van der Waals surface area contributed by atoms with Gasteiger partial charge in [-0.05, 0) is 24.6 Å². The van der Waals surface area contributed by atoms with Crippen LogP contribution in [-0.4, -0.2) is 24.2 Å². The third-order valence-corrected chi connectivity index (χ3v) is 5.57. The Balaban J connectivity index is 1.81. The quantitative estimate of drug-likeness (QED) is 0.493. The summed E-state index contributed by atoms with van der Waals surface area (Å²) in [5, 5.41) is 10.6. The Kier molecular flexibility index (Phi) is 3.46. The Hall–Kier alpha value is -2.25. The van der Waals surface area contributed by atoms with Crippen LogP contribution >= 0.6 is 0 Å². The van der Waals surface area contributed by atoms with E-state index in [9.17, 15) is 18.5 Å². The highest BCUT2D eigenvalue weighted by Gasteiger charge is 2.45. The smallest absolute Gasteiger partial charge is 0.258 e. The van der Waals surface area contributed by atoms with E-state index in [1.165, 1.54) is 16.4 Å². The number of rotatable bonds is 4. The average Bonchev–Trinajstić information content (AvgIpc) is 3.29. The van der Waals surface area contributed by atoms with E-state index in [1.807, 2.05) is 6.92 Å². The first-order chi connectivity index (χ1) is 10.4. The summed E-state index contributed by atoms with van der Waals surface area (Å²) in [6.07, 6.45) is 0. The molecule has 0 aromatic heterocycles. The molecule has 0 N–H and O–H groups in total. The molecule has 7 heteroatoms. The molecule has 2 aromatic carbocycles. The van der Waals surface area contributed by atoms with Gasteiger partial charge in [-0.25, -0.2) is 8.42 Å². The lowest BCUT2D eigenvalue weighted by Crippen LogP contribution is -2.12. The van der Waals surface area contributed by atoms with Crippen LogP contribution in [0.2, 0.25) is 0 Å². The monoisotopic (exact) mass is 318 g/mol. The molecule has 0 bridgehead atoms. The van der Waals surface area contributed by atoms with Crippen molar-refractivity contribution in [3.8, 4) is 0 Å². The molecular formula is C15H14N2O4S. The van der Waals surface area contributed by atoms with Crippen molar-refractivity contribution in [1.29, 1.82) is 0 Å². The Morgan fingerprint density at radius 2 is 1.68 bits per heavy atom. The van der Waals surface area contributed by atoms with Gasteiger partial charge in [0.15, 0.2) is 0 Å². The zero-order valence-corrected chi connectivity index (χ0v) is 12.7. The van der Waals surface area contributed by atoms with Crippen molar-refractivity contribution in [3.05, 3.63) is 69.8 Å². The summed E-state index contributed by atoms with van der Waals surface area (Å²) in [7, 11) is -3.51. The molecule has 0 radical (unpaired) electrons. The summed E-state index contributed by atoms with van der Waals surface area (Å²) in [6.45, 7) is 2.29. The molecule has 1 aliphatic heterocycles. The number of non-ortho nitro benzene ring substituents is 1. The fourth-order valence-electron chi connectivity index (χ4n) is 2.32. The molecule has 3 rings (SSSR count). The topological polar surface area (TPSA) is 80.3 Å². The van der Waals surface area contributed by atoms with E-state index in [1.54, 1.807) is 36.4 Å².